The van der Waals surface area contributed by atoms with Crippen molar-refractivity contribution in [3.05, 3.63) is 70.1 Å². The first kappa shape index (κ1) is 21.1. The number of amides is 1. The molecular weight excluding hydrogens is 430 g/mol. The van der Waals surface area contributed by atoms with Crippen LogP contribution < -0.4 is 5.56 Å². The van der Waals surface area contributed by atoms with Gasteiger partial charge in [0.1, 0.15) is 16.5 Å². The van der Waals surface area contributed by atoms with Crippen LogP contribution in [0.2, 0.25) is 0 Å². The van der Waals surface area contributed by atoms with Crippen LogP contribution in [0, 0.1) is 11.6 Å². The van der Waals surface area contributed by atoms with Gasteiger partial charge in [-0.05, 0) is 24.3 Å². The molecule has 162 valence electrons. The average Bonchev–Trinajstić information content (AvgIpc) is 2.77. The molecule has 11 heteroatoms. The van der Waals surface area contributed by atoms with Gasteiger partial charge >= 0.3 is 0 Å². The minimum Gasteiger partial charge on any atom is -0.340 e. The number of H-pyrrole nitrogens is 1. The lowest BCUT2D eigenvalue weighted by molar-refractivity contribution is -0.131. The zero-order valence-electron chi connectivity index (χ0n) is 16.2. The molecule has 1 aromatic heterocycles. The van der Waals surface area contributed by atoms with Gasteiger partial charge < -0.3 is 4.90 Å². The highest BCUT2D eigenvalue weighted by atomic mass is 32.2. The quantitative estimate of drug-likeness (QED) is 0.648. The molecular formula is C20H18F2N4O4S. The molecule has 1 saturated heterocycles. The molecule has 1 amide bonds. The molecule has 0 spiro atoms. The van der Waals surface area contributed by atoms with Gasteiger partial charge in [0.2, 0.25) is 15.9 Å². The van der Waals surface area contributed by atoms with E-state index in [-0.39, 0.29) is 44.1 Å². The number of carbonyl (C=O) groups is 1. The van der Waals surface area contributed by atoms with E-state index in [1.807, 2.05) is 0 Å². The third-order valence-electron chi connectivity index (χ3n) is 5.20. The van der Waals surface area contributed by atoms with E-state index >= 15 is 0 Å². The molecule has 0 radical (unpaired) electrons. The van der Waals surface area contributed by atoms with Crippen molar-refractivity contribution in [2.75, 3.05) is 26.2 Å². The molecule has 0 atom stereocenters. The first-order valence-corrected chi connectivity index (χ1v) is 10.9. The number of benzene rings is 2. The summed E-state index contributed by atoms with van der Waals surface area (Å²) in [4.78, 5) is 25.4. The maximum Gasteiger partial charge on any atom is 0.272 e. The highest BCUT2D eigenvalue weighted by molar-refractivity contribution is 7.89. The number of hydrogen-bond acceptors (Lipinski definition) is 5. The van der Waals surface area contributed by atoms with Crippen LogP contribution in [-0.2, 0) is 21.2 Å². The molecule has 31 heavy (non-hydrogen) atoms. The number of hydrogen-bond donors (Lipinski definition) is 1. The topological polar surface area (TPSA) is 103 Å². The number of halogens is 2. The minimum absolute atomic E-state index is 0.0518. The molecule has 0 bridgehead atoms. The van der Waals surface area contributed by atoms with Gasteiger partial charge in [-0.2, -0.15) is 9.40 Å². The Bertz CT molecular complexity index is 1320. The fraction of sp³-hybridized carbons (Fsp3) is 0.250. The Kier molecular flexibility index (Phi) is 5.54. The van der Waals surface area contributed by atoms with Crippen molar-refractivity contribution in [3.63, 3.8) is 0 Å². The first-order valence-electron chi connectivity index (χ1n) is 9.46. The normalized spacial score (nSPS) is 15.4. The van der Waals surface area contributed by atoms with Gasteiger partial charge in [0.15, 0.2) is 0 Å². The lowest BCUT2D eigenvalue weighted by atomic mass is 10.1. The van der Waals surface area contributed by atoms with Crippen molar-refractivity contribution >= 4 is 26.7 Å². The summed E-state index contributed by atoms with van der Waals surface area (Å²) >= 11 is 0. The highest BCUT2D eigenvalue weighted by Gasteiger charge is 2.32. The van der Waals surface area contributed by atoms with E-state index < -0.39 is 26.6 Å². The Morgan fingerprint density at radius 3 is 2.42 bits per heavy atom. The second-order valence-electron chi connectivity index (χ2n) is 7.08. The van der Waals surface area contributed by atoms with Crippen LogP contribution in [0.3, 0.4) is 0 Å². The van der Waals surface area contributed by atoms with Crippen molar-refractivity contribution < 1.29 is 22.0 Å². The van der Waals surface area contributed by atoms with Gasteiger partial charge in [-0.25, -0.2) is 22.3 Å². The van der Waals surface area contributed by atoms with Crippen LogP contribution in [0.5, 0.6) is 0 Å². The smallest absolute Gasteiger partial charge is 0.272 e. The molecule has 0 saturated carbocycles. The predicted molar refractivity (Wildman–Crippen MR) is 108 cm³/mol. The Morgan fingerprint density at radius 1 is 1.03 bits per heavy atom. The number of fused-ring (bicyclic) bond motifs is 1. The molecule has 1 fully saturated rings. The molecule has 1 N–H and O–H groups in total. The number of carbonyl (C=O) groups excluding carboxylic acids is 1. The van der Waals surface area contributed by atoms with Gasteiger partial charge in [-0.3, -0.25) is 9.59 Å². The number of nitrogens with one attached hydrogen (secondary N) is 1. The summed E-state index contributed by atoms with van der Waals surface area (Å²) < 4.78 is 53.8. The second kappa shape index (κ2) is 8.16. The molecule has 0 unspecified atom stereocenters. The highest BCUT2D eigenvalue weighted by Crippen LogP contribution is 2.22. The molecule has 4 rings (SSSR count). The first-order chi connectivity index (χ1) is 14.8. The third kappa shape index (κ3) is 4.06. The van der Waals surface area contributed by atoms with Crippen LogP contribution in [0.25, 0.3) is 10.8 Å². The zero-order valence-corrected chi connectivity index (χ0v) is 17.0. The van der Waals surface area contributed by atoms with Gasteiger partial charge in [0.25, 0.3) is 5.56 Å². The Labute approximate surface area is 176 Å². The van der Waals surface area contributed by atoms with E-state index in [2.05, 4.69) is 10.2 Å². The molecule has 3 aromatic rings. The van der Waals surface area contributed by atoms with Gasteiger partial charge in [0.05, 0.1) is 17.5 Å². The lowest BCUT2D eigenvalue weighted by Gasteiger charge is -2.34. The summed E-state index contributed by atoms with van der Waals surface area (Å²) in [5, 5.41) is 7.36. The molecule has 1 aliphatic heterocycles. The number of aromatic nitrogens is 2. The number of nitrogens with zero attached hydrogens (tertiary/aromatic N) is 3. The fourth-order valence-corrected chi connectivity index (χ4v) is 5.05. The van der Waals surface area contributed by atoms with Crippen molar-refractivity contribution in [1.82, 2.24) is 19.4 Å². The Balaban J connectivity index is 1.47. The number of sulfonamides is 1. The Hall–Kier alpha value is -3.18. The molecule has 0 aliphatic carbocycles. The third-order valence-corrected chi connectivity index (χ3v) is 7.11. The summed E-state index contributed by atoms with van der Waals surface area (Å²) in [6.45, 7) is 0.0836. The van der Waals surface area contributed by atoms with Gasteiger partial charge in [0, 0.05) is 31.6 Å². The van der Waals surface area contributed by atoms with E-state index in [1.165, 1.54) is 4.90 Å². The summed E-state index contributed by atoms with van der Waals surface area (Å²) in [6.07, 6.45) is -0.0669. The molecule has 8 nitrogen and oxygen atoms in total. The van der Waals surface area contributed by atoms with Crippen molar-refractivity contribution in [3.8, 4) is 0 Å². The predicted octanol–water partition coefficient (Wildman–Crippen LogP) is 1.28. The maximum atomic E-state index is 14.0. The SMILES string of the molecule is O=C(Cc1n[nH]c(=O)c2ccccc12)N1CCN(S(=O)(=O)c2cc(F)ccc2F)CC1. The van der Waals surface area contributed by atoms with Crippen LogP contribution in [0.1, 0.15) is 5.69 Å². The van der Waals surface area contributed by atoms with E-state index in [1.54, 1.807) is 24.3 Å². The lowest BCUT2D eigenvalue weighted by Crippen LogP contribution is -2.51. The summed E-state index contributed by atoms with van der Waals surface area (Å²) in [5.41, 5.74) is 0.0623. The van der Waals surface area contributed by atoms with Crippen molar-refractivity contribution in [2.24, 2.45) is 0 Å². The number of rotatable bonds is 4. The monoisotopic (exact) mass is 448 g/mol. The second-order valence-corrected chi connectivity index (χ2v) is 8.99. The van der Waals surface area contributed by atoms with Crippen molar-refractivity contribution in [2.45, 2.75) is 11.3 Å². The van der Waals surface area contributed by atoms with Gasteiger partial charge in [-0.15, -0.1) is 0 Å². The summed E-state index contributed by atoms with van der Waals surface area (Å²) in [7, 11) is -4.23. The standard InChI is InChI=1S/C20H18F2N4O4S/c21-13-5-6-16(22)18(11-13)31(29,30)26-9-7-25(8-10-26)19(27)12-17-14-3-1-2-4-15(14)20(28)24-23-17/h1-6,11H,7-10,12H2,(H,24,28). The molecule has 1 aliphatic rings. The molecule has 2 heterocycles. The van der Waals surface area contributed by atoms with Crippen LogP contribution in [0.15, 0.2) is 52.2 Å². The molecule has 2 aromatic carbocycles. The fourth-order valence-electron chi connectivity index (χ4n) is 3.55. The van der Waals surface area contributed by atoms with Gasteiger partial charge in [-0.1, -0.05) is 18.2 Å². The van der Waals surface area contributed by atoms with Crippen LogP contribution >= 0.6 is 0 Å². The summed E-state index contributed by atoms with van der Waals surface area (Å²) in [6, 6.07) is 9.06. The average molecular weight is 448 g/mol. The Morgan fingerprint density at radius 2 is 1.71 bits per heavy atom. The summed E-state index contributed by atoms with van der Waals surface area (Å²) in [5.74, 6) is -2.16. The van der Waals surface area contributed by atoms with Crippen LogP contribution in [-0.4, -0.2) is 59.9 Å². The zero-order chi connectivity index (χ0) is 22.2. The van der Waals surface area contributed by atoms with Crippen molar-refractivity contribution in [1.29, 1.82) is 0 Å². The van der Waals surface area contributed by atoms with E-state index in [9.17, 15) is 26.8 Å². The van der Waals surface area contributed by atoms with E-state index in [4.69, 9.17) is 0 Å². The van der Waals surface area contributed by atoms with E-state index in [0.29, 0.717) is 22.5 Å². The maximum absolute atomic E-state index is 14.0. The number of aromatic amines is 1. The largest absolute Gasteiger partial charge is 0.340 e. The van der Waals surface area contributed by atoms with E-state index in [0.717, 1.165) is 16.4 Å². The minimum atomic E-state index is -4.23. The van der Waals surface area contributed by atoms with Crippen LogP contribution in [0.4, 0.5) is 8.78 Å². The number of piperazine rings is 1.